The normalized spacial score (nSPS) is 25.0. The van der Waals surface area contributed by atoms with Crippen LogP contribution in [0, 0.1) is 18.3 Å². The molecular formula is C22H16BrN3O4. The average molecular weight is 466 g/mol. The first-order valence-corrected chi connectivity index (χ1v) is 10.2. The summed E-state index contributed by atoms with van der Waals surface area (Å²) in [5.41, 5.74) is 6.52. The van der Waals surface area contributed by atoms with Gasteiger partial charge in [0.25, 0.3) is 0 Å². The third-order valence-corrected chi connectivity index (χ3v) is 7.03. The van der Waals surface area contributed by atoms with Crippen molar-refractivity contribution >= 4 is 33.3 Å². The van der Waals surface area contributed by atoms with Crippen molar-refractivity contribution in [2.24, 2.45) is 5.73 Å². The average Bonchev–Trinajstić information content (AvgIpc) is 3.33. The minimum Gasteiger partial charge on any atom is -0.469 e. The standard InChI is InChI=1S/C22H16BrN3O4/c1-10-4-5-13-17(19(10)23)22(21(28)26-13)12(9-24)20(25)30-16-8-11(7-14(27)18(16)22)15-3-2-6-29-15/h2-6,11H,7-8,25H2,1H3,(H,26,28). The number of ether oxygens (including phenoxy) is 1. The van der Waals surface area contributed by atoms with Crippen molar-refractivity contribution < 1.29 is 18.7 Å². The minimum atomic E-state index is -1.64. The fourth-order valence-corrected chi connectivity index (χ4v) is 5.35. The topological polar surface area (TPSA) is 118 Å². The number of nitrogens with zero attached hydrogens (tertiary/aromatic N) is 1. The van der Waals surface area contributed by atoms with E-state index in [0.717, 1.165) is 5.56 Å². The van der Waals surface area contributed by atoms with E-state index < -0.39 is 11.3 Å². The van der Waals surface area contributed by atoms with Crippen molar-refractivity contribution in [2.45, 2.75) is 31.1 Å². The molecule has 0 saturated heterocycles. The van der Waals surface area contributed by atoms with Crippen LogP contribution in [0.25, 0.3) is 0 Å². The number of hydrogen-bond acceptors (Lipinski definition) is 6. The van der Waals surface area contributed by atoms with Gasteiger partial charge in [-0.2, -0.15) is 5.26 Å². The number of fused-ring (bicyclic) bond motifs is 3. The first-order valence-electron chi connectivity index (χ1n) is 9.39. The number of nitrogens with two attached hydrogens (primary N) is 1. The number of nitrogens with one attached hydrogen (secondary N) is 1. The van der Waals surface area contributed by atoms with Gasteiger partial charge < -0.3 is 20.2 Å². The molecule has 2 atom stereocenters. The van der Waals surface area contributed by atoms with Gasteiger partial charge in [-0.1, -0.05) is 22.0 Å². The van der Waals surface area contributed by atoms with E-state index in [9.17, 15) is 14.9 Å². The Hall–Kier alpha value is -3.31. The maximum Gasteiger partial charge on any atom is 0.245 e. The first kappa shape index (κ1) is 18.7. The third-order valence-electron chi connectivity index (χ3n) is 6.01. The van der Waals surface area contributed by atoms with Crippen LogP contribution in [-0.4, -0.2) is 11.7 Å². The molecule has 3 aliphatic rings. The molecule has 0 bridgehead atoms. The lowest BCUT2D eigenvalue weighted by Crippen LogP contribution is -2.47. The zero-order valence-electron chi connectivity index (χ0n) is 15.9. The van der Waals surface area contributed by atoms with E-state index in [1.807, 2.05) is 19.1 Å². The Labute approximate surface area is 180 Å². The number of Topliss-reactive ketones (excluding diaryl/α,β-unsaturated/α-hetero) is 1. The number of nitriles is 1. The predicted molar refractivity (Wildman–Crippen MR) is 110 cm³/mol. The van der Waals surface area contributed by atoms with E-state index in [2.05, 4.69) is 21.2 Å². The van der Waals surface area contributed by atoms with Crippen LogP contribution >= 0.6 is 15.9 Å². The van der Waals surface area contributed by atoms with Gasteiger partial charge in [0.05, 0.1) is 11.8 Å². The number of anilines is 1. The Morgan fingerprint density at radius 3 is 2.80 bits per heavy atom. The van der Waals surface area contributed by atoms with E-state index in [-0.39, 0.29) is 35.2 Å². The third kappa shape index (κ3) is 2.24. The lowest BCUT2D eigenvalue weighted by molar-refractivity contribution is -0.123. The largest absolute Gasteiger partial charge is 0.469 e. The molecule has 7 nitrogen and oxygen atoms in total. The summed E-state index contributed by atoms with van der Waals surface area (Å²) < 4.78 is 11.9. The Morgan fingerprint density at radius 1 is 1.30 bits per heavy atom. The fraction of sp³-hybridized carbons (Fsp3) is 0.227. The molecule has 2 unspecified atom stereocenters. The van der Waals surface area contributed by atoms with Crippen molar-refractivity contribution in [2.75, 3.05) is 5.32 Å². The van der Waals surface area contributed by atoms with Gasteiger partial charge in [-0.15, -0.1) is 0 Å². The van der Waals surface area contributed by atoms with Gasteiger partial charge in [0, 0.05) is 34.5 Å². The second-order valence-electron chi connectivity index (χ2n) is 7.62. The highest BCUT2D eigenvalue weighted by molar-refractivity contribution is 9.10. The summed E-state index contributed by atoms with van der Waals surface area (Å²) >= 11 is 3.57. The van der Waals surface area contributed by atoms with Crippen LogP contribution in [0.3, 0.4) is 0 Å². The number of furan rings is 1. The van der Waals surface area contributed by atoms with Gasteiger partial charge >= 0.3 is 0 Å². The number of aryl methyl sites for hydroxylation is 1. The Bertz CT molecular complexity index is 1240. The van der Waals surface area contributed by atoms with Crippen LogP contribution in [0.1, 0.15) is 35.6 Å². The molecule has 0 radical (unpaired) electrons. The smallest absolute Gasteiger partial charge is 0.245 e. The van der Waals surface area contributed by atoms with Gasteiger partial charge in [-0.05, 0) is 30.7 Å². The molecular weight excluding hydrogens is 450 g/mol. The van der Waals surface area contributed by atoms with Crippen LogP contribution in [0.5, 0.6) is 0 Å². The van der Waals surface area contributed by atoms with Crippen LogP contribution in [0.2, 0.25) is 0 Å². The SMILES string of the molecule is Cc1ccc2c(c1Br)C1(C(=O)N2)C(C#N)=C(N)OC2=C1C(=O)CC(c1ccco1)C2. The van der Waals surface area contributed by atoms with Crippen molar-refractivity contribution in [3.8, 4) is 6.07 Å². The van der Waals surface area contributed by atoms with Crippen molar-refractivity contribution in [3.63, 3.8) is 0 Å². The molecule has 3 N–H and O–H groups in total. The molecule has 2 aromatic rings. The second-order valence-corrected chi connectivity index (χ2v) is 8.41. The zero-order valence-corrected chi connectivity index (χ0v) is 17.5. The van der Waals surface area contributed by atoms with Crippen molar-refractivity contribution in [1.29, 1.82) is 5.26 Å². The number of ketones is 1. The summed E-state index contributed by atoms with van der Waals surface area (Å²) in [5, 5.41) is 12.8. The molecule has 30 heavy (non-hydrogen) atoms. The maximum atomic E-state index is 13.5. The van der Waals surface area contributed by atoms with E-state index in [1.165, 1.54) is 0 Å². The van der Waals surface area contributed by atoms with Crippen LogP contribution < -0.4 is 11.1 Å². The number of rotatable bonds is 1. The number of carbonyl (C=O) groups is 2. The molecule has 1 aromatic carbocycles. The summed E-state index contributed by atoms with van der Waals surface area (Å²) in [5.74, 6) is -0.182. The predicted octanol–water partition coefficient (Wildman–Crippen LogP) is 3.67. The number of carbonyl (C=O) groups excluding carboxylic acids is 2. The number of amides is 1. The van der Waals surface area contributed by atoms with Crippen LogP contribution in [0.15, 0.2) is 62.2 Å². The molecule has 0 fully saturated rings. The molecule has 0 saturated carbocycles. The molecule has 3 heterocycles. The quantitative estimate of drug-likeness (QED) is 0.662. The van der Waals surface area contributed by atoms with E-state index in [4.69, 9.17) is 14.9 Å². The molecule has 1 spiro atoms. The fourth-order valence-electron chi connectivity index (χ4n) is 4.71. The minimum absolute atomic E-state index is 0.0754. The second kappa shape index (κ2) is 6.34. The number of benzene rings is 1. The monoisotopic (exact) mass is 465 g/mol. The van der Waals surface area contributed by atoms with Crippen LogP contribution in [0.4, 0.5) is 5.69 Å². The lowest BCUT2D eigenvalue weighted by Gasteiger charge is -2.38. The highest BCUT2D eigenvalue weighted by Gasteiger charge is 2.61. The van der Waals surface area contributed by atoms with E-state index in [1.54, 1.807) is 24.5 Å². The Balaban J connectivity index is 1.80. The summed E-state index contributed by atoms with van der Waals surface area (Å²) in [7, 11) is 0. The van der Waals surface area contributed by atoms with Gasteiger partial charge in [0.2, 0.25) is 11.8 Å². The maximum absolute atomic E-state index is 13.5. The summed E-state index contributed by atoms with van der Waals surface area (Å²) in [4.78, 5) is 26.9. The highest BCUT2D eigenvalue weighted by Crippen LogP contribution is 2.57. The Kier molecular flexibility index (Phi) is 3.95. The summed E-state index contributed by atoms with van der Waals surface area (Å²) in [6.45, 7) is 1.88. The van der Waals surface area contributed by atoms with Gasteiger partial charge in [-0.3, -0.25) is 9.59 Å². The lowest BCUT2D eigenvalue weighted by atomic mass is 9.64. The zero-order chi connectivity index (χ0) is 21.2. The summed E-state index contributed by atoms with van der Waals surface area (Å²) in [6, 6.07) is 9.22. The molecule has 150 valence electrons. The van der Waals surface area contributed by atoms with Crippen LogP contribution in [-0.2, 0) is 19.7 Å². The molecule has 1 aromatic heterocycles. The van der Waals surface area contributed by atoms with Crippen molar-refractivity contribution in [3.05, 3.63) is 74.7 Å². The molecule has 5 rings (SSSR count). The van der Waals surface area contributed by atoms with Gasteiger partial charge in [0.15, 0.2) is 5.78 Å². The number of halogens is 1. The Morgan fingerprint density at radius 2 is 2.10 bits per heavy atom. The molecule has 1 amide bonds. The highest BCUT2D eigenvalue weighted by atomic mass is 79.9. The summed E-state index contributed by atoms with van der Waals surface area (Å²) in [6.07, 6.45) is 2.03. The van der Waals surface area contributed by atoms with Crippen molar-refractivity contribution in [1.82, 2.24) is 0 Å². The van der Waals surface area contributed by atoms with Gasteiger partial charge in [0.1, 0.15) is 28.6 Å². The number of allylic oxidation sites excluding steroid dienone is 1. The molecule has 2 aliphatic heterocycles. The van der Waals surface area contributed by atoms with E-state index >= 15 is 0 Å². The molecule has 8 heteroatoms. The molecule has 1 aliphatic carbocycles. The number of hydrogen-bond donors (Lipinski definition) is 2. The van der Waals surface area contributed by atoms with E-state index in [0.29, 0.717) is 33.7 Å². The first-order chi connectivity index (χ1) is 14.4. The van der Waals surface area contributed by atoms with Gasteiger partial charge in [-0.25, -0.2) is 0 Å².